The molecule has 0 unspecified atom stereocenters. The Morgan fingerprint density at radius 2 is 1.17 bits per heavy atom. The largest absolute Gasteiger partial charge is 0.371 e. The standard InChI is InChI=1S/C14H28INS2/c15-12-10-8-6-4-2-1-3-5-7-9-11-13-16-14(17)18/h1-13H2,(H2,16,17,18). The fourth-order valence-electron chi connectivity index (χ4n) is 2.01. The predicted molar refractivity (Wildman–Crippen MR) is 99.3 cm³/mol. The molecule has 0 amide bonds. The van der Waals surface area contributed by atoms with E-state index in [0.717, 1.165) is 6.54 Å². The lowest BCUT2D eigenvalue weighted by atomic mass is 10.1. The summed E-state index contributed by atoms with van der Waals surface area (Å²) >= 11 is 11.3. The molecule has 0 rings (SSSR count). The zero-order valence-corrected chi connectivity index (χ0v) is 15.3. The van der Waals surface area contributed by atoms with Crippen LogP contribution in [0.25, 0.3) is 0 Å². The van der Waals surface area contributed by atoms with Crippen LogP contribution < -0.4 is 5.32 Å². The number of thiocarbonyl (C=S) groups is 1. The quantitative estimate of drug-likeness (QED) is 0.139. The summed E-state index contributed by atoms with van der Waals surface area (Å²) < 4.78 is 1.95. The van der Waals surface area contributed by atoms with Gasteiger partial charge in [0.2, 0.25) is 0 Å². The van der Waals surface area contributed by atoms with Gasteiger partial charge in [-0.05, 0) is 17.3 Å². The Balaban J connectivity index is 2.92. The number of unbranched alkanes of at least 4 members (excludes halogenated alkanes) is 10. The van der Waals surface area contributed by atoms with Crippen molar-refractivity contribution >= 4 is 51.8 Å². The molecule has 0 aliphatic carbocycles. The van der Waals surface area contributed by atoms with Gasteiger partial charge in [0.05, 0.1) is 0 Å². The van der Waals surface area contributed by atoms with E-state index in [1.54, 1.807) is 0 Å². The van der Waals surface area contributed by atoms with Gasteiger partial charge in [-0.2, -0.15) is 0 Å². The Morgan fingerprint density at radius 3 is 1.56 bits per heavy atom. The second kappa shape index (κ2) is 16.0. The molecular formula is C14H28INS2. The summed E-state index contributed by atoms with van der Waals surface area (Å²) in [4.78, 5) is 0. The molecule has 0 saturated carbocycles. The molecule has 0 fully saturated rings. The van der Waals surface area contributed by atoms with E-state index < -0.39 is 0 Å². The van der Waals surface area contributed by atoms with Crippen LogP contribution in [-0.2, 0) is 0 Å². The van der Waals surface area contributed by atoms with Crippen LogP contribution in [0.4, 0.5) is 0 Å². The summed E-state index contributed by atoms with van der Waals surface area (Å²) in [6.45, 7) is 0.985. The first kappa shape index (κ1) is 19.0. The average Bonchev–Trinajstić information content (AvgIpc) is 2.34. The van der Waals surface area contributed by atoms with Crippen molar-refractivity contribution < 1.29 is 0 Å². The lowest BCUT2D eigenvalue weighted by Crippen LogP contribution is -2.17. The minimum Gasteiger partial charge on any atom is -0.371 e. The van der Waals surface area contributed by atoms with Crippen LogP contribution >= 0.6 is 47.4 Å². The summed E-state index contributed by atoms with van der Waals surface area (Å²) in [6, 6.07) is 0. The maximum absolute atomic E-state index is 4.83. The molecule has 0 aromatic heterocycles. The molecule has 1 N–H and O–H groups in total. The first-order chi connectivity index (χ1) is 8.77. The summed E-state index contributed by atoms with van der Waals surface area (Å²) in [5.41, 5.74) is 0. The number of hydrogen-bond donors (Lipinski definition) is 2. The monoisotopic (exact) mass is 401 g/mol. The van der Waals surface area contributed by atoms with E-state index in [9.17, 15) is 0 Å². The third-order valence-electron chi connectivity index (χ3n) is 3.09. The lowest BCUT2D eigenvalue weighted by molar-refractivity contribution is 0.549. The van der Waals surface area contributed by atoms with Gasteiger partial charge in [-0.25, -0.2) is 0 Å². The number of thiol groups is 1. The molecule has 0 spiro atoms. The van der Waals surface area contributed by atoms with E-state index in [4.69, 9.17) is 12.2 Å². The summed E-state index contributed by atoms with van der Waals surface area (Å²) in [5.74, 6) is 0. The maximum Gasteiger partial charge on any atom is 0.130 e. The molecule has 1 nitrogen and oxygen atoms in total. The molecule has 18 heavy (non-hydrogen) atoms. The van der Waals surface area contributed by atoms with Crippen molar-refractivity contribution in [2.75, 3.05) is 11.0 Å². The van der Waals surface area contributed by atoms with Gasteiger partial charge in [0.1, 0.15) is 4.32 Å². The highest BCUT2D eigenvalue weighted by Crippen LogP contribution is 2.11. The van der Waals surface area contributed by atoms with Crippen LogP contribution in [0.2, 0.25) is 0 Å². The van der Waals surface area contributed by atoms with Crippen molar-refractivity contribution in [1.29, 1.82) is 0 Å². The molecule has 0 radical (unpaired) electrons. The first-order valence-electron chi connectivity index (χ1n) is 7.30. The van der Waals surface area contributed by atoms with Crippen LogP contribution in [0, 0.1) is 0 Å². The fourth-order valence-corrected chi connectivity index (χ4v) is 2.76. The molecular weight excluding hydrogens is 373 g/mol. The van der Waals surface area contributed by atoms with Crippen molar-refractivity contribution in [2.45, 2.75) is 70.6 Å². The molecule has 4 heteroatoms. The van der Waals surface area contributed by atoms with Crippen LogP contribution in [0.5, 0.6) is 0 Å². The number of hydrogen-bond acceptors (Lipinski definition) is 1. The smallest absolute Gasteiger partial charge is 0.130 e. The van der Waals surface area contributed by atoms with Gasteiger partial charge in [0, 0.05) is 6.54 Å². The van der Waals surface area contributed by atoms with Crippen molar-refractivity contribution in [3.05, 3.63) is 0 Å². The third kappa shape index (κ3) is 17.0. The average molecular weight is 401 g/mol. The Labute approximate surface area is 138 Å². The second-order valence-corrected chi connectivity index (χ2v) is 7.05. The second-order valence-electron chi connectivity index (χ2n) is 4.81. The SMILES string of the molecule is S=C(S)NCCCCCCCCCCCCCI. The lowest BCUT2D eigenvalue weighted by Gasteiger charge is -2.04. The number of nitrogens with one attached hydrogen (secondary N) is 1. The molecule has 0 aromatic rings. The van der Waals surface area contributed by atoms with Gasteiger partial charge in [-0.3, -0.25) is 0 Å². The van der Waals surface area contributed by atoms with Gasteiger partial charge >= 0.3 is 0 Å². The van der Waals surface area contributed by atoms with Crippen molar-refractivity contribution in [1.82, 2.24) is 5.32 Å². The van der Waals surface area contributed by atoms with E-state index >= 15 is 0 Å². The van der Waals surface area contributed by atoms with Gasteiger partial charge in [-0.1, -0.05) is 92.6 Å². The van der Waals surface area contributed by atoms with E-state index in [1.165, 1.54) is 75.1 Å². The van der Waals surface area contributed by atoms with Crippen molar-refractivity contribution in [3.8, 4) is 0 Å². The fraction of sp³-hybridized carbons (Fsp3) is 0.929. The summed E-state index contributed by atoms with van der Waals surface area (Å²) in [6.07, 6.45) is 15.3. The van der Waals surface area contributed by atoms with Crippen LogP contribution in [0.3, 0.4) is 0 Å². The molecule has 0 bridgehead atoms. The predicted octanol–water partition coefficient (Wildman–Crippen LogP) is 5.52. The maximum atomic E-state index is 4.83. The highest BCUT2D eigenvalue weighted by atomic mass is 127. The first-order valence-corrected chi connectivity index (χ1v) is 9.68. The zero-order valence-electron chi connectivity index (χ0n) is 11.4. The van der Waals surface area contributed by atoms with Crippen molar-refractivity contribution in [3.63, 3.8) is 0 Å². The zero-order chi connectivity index (χ0) is 13.5. The molecule has 0 heterocycles. The highest BCUT2D eigenvalue weighted by Gasteiger charge is 1.93. The number of halogens is 1. The minimum absolute atomic E-state index is 0.623. The molecule has 0 aromatic carbocycles. The molecule has 0 aliphatic heterocycles. The van der Waals surface area contributed by atoms with Crippen LogP contribution in [0.15, 0.2) is 0 Å². The number of rotatable bonds is 13. The van der Waals surface area contributed by atoms with E-state index in [0.29, 0.717) is 4.32 Å². The van der Waals surface area contributed by atoms with Gasteiger partial charge in [0.15, 0.2) is 0 Å². The van der Waals surface area contributed by atoms with Crippen LogP contribution in [0.1, 0.15) is 70.6 Å². The Bertz CT molecular complexity index is 189. The van der Waals surface area contributed by atoms with Gasteiger partial charge < -0.3 is 5.32 Å². The Hall–Kier alpha value is 0.970. The van der Waals surface area contributed by atoms with Crippen LogP contribution in [-0.4, -0.2) is 15.3 Å². The minimum atomic E-state index is 0.623. The molecule has 108 valence electrons. The van der Waals surface area contributed by atoms with Crippen molar-refractivity contribution in [2.24, 2.45) is 0 Å². The third-order valence-corrected chi connectivity index (χ3v) is 4.15. The molecule has 0 saturated heterocycles. The Kier molecular flexibility index (Phi) is 16.9. The highest BCUT2D eigenvalue weighted by molar-refractivity contribution is 14.1. The summed E-state index contributed by atoms with van der Waals surface area (Å²) in [5, 5.41) is 3.08. The van der Waals surface area contributed by atoms with E-state index in [2.05, 4.69) is 40.5 Å². The van der Waals surface area contributed by atoms with E-state index in [-0.39, 0.29) is 0 Å². The number of alkyl halides is 1. The van der Waals surface area contributed by atoms with E-state index in [1.807, 2.05) is 0 Å². The molecule has 0 aliphatic rings. The normalized spacial score (nSPS) is 10.6. The van der Waals surface area contributed by atoms with Gasteiger partial charge in [0.25, 0.3) is 0 Å². The molecule has 0 atom stereocenters. The van der Waals surface area contributed by atoms with Gasteiger partial charge in [-0.15, -0.1) is 12.6 Å². The topological polar surface area (TPSA) is 12.0 Å². The Morgan fingerprint density at radius 1 is 0.778 bits per heavy atom. The summed E-state index contributed by atoms with van der Waals surface area (Å²) in [7, 11) is 0.